The van der Waals surface area contributed by atoms with Gasteiger partial charge in [0.15, 0.2) is 0 Å². The number of amides is 1. The molecule has 2 N–H and O–H groups in total. The molecular weight excluding hydrogens is 164 g/mol. The quantitative estimate of drug-likeness (QED) is 0.650. The number of hydrogen-bond donors (Lipinski definition) is 1. The average molecular weight is 182 g/mol. The molecule has 0 aromatic rings. The van der Waals surface area contributed by atoms with Crippen LogP contribution in [0.1, 0.15) is 33.1 Å². The van der Waals surface area contributed by atoms with Gasteiger partial charge in [0, 0.05) is 13.1 Å². The Balaban J connectivity index is 2.00. The molecule has 1 heterocycles. The van der Waals surface area contributed by atoms with Crippen LogP contribution in [-0.4, -0.2) is 29.4 Å². The van der Waals surface area contributed by atoms with Crippen LogP contribution in [0.5, 0.6) is 0 Å². The summed E-state index contributed by atoms with van der Waals surface area (Å²) in [4.78, 5) is 13.8. The van der Waals surface area contributed by atoms with Crippen LogP contribution in [0.3, 0.4) is 0 Å². The van der Waals surface area contributed by atoms with E-state index in [0.717, 1.165) is 32.4 Å². The number of nitrogens with two attached hydrogens (primary N) is 1. The SMILES string of the molecule is CC1(C)CCN(C(=O)C2(N)CC2)C1. The molecule has 0 aromatic carbocycles. The lowest BCUT2D eigenvalue weighted by atomic mass is 9.93. The van der Waals surface area contributed by atoms with E-state index in [-0.39, 0.29) is 5.91 Å². The first-order chi connectivity index (χ1) is 5.93. The summed E-state index contributed by atoms with van der Waals surface area (Å²) in [6.45, 7) is 6.18. The van der Waals surface area contributed by atoms with E-state index in [9.17, 15) is 4.79 Å². The third kappa shape index (κ3) is 1.57. The lowest BCUT2D eigenvalue weighted by Crippen LogP contribution is -2.45. The number of carbonyl (C=O) groups is 1. The predicted molar refractivity (Wildman–Crippen MR) is 51.1 cm³/mol. The molecule has 74 valence electrons. The second-order valence-corrected chi connectivity index (χ2v) is 5.30. The van der Waals surface area contributed by atoms with Gasteiger partial charge in [-0.15, -0.1) is 0 Å². The van der Waals surface area contributed by atoms with Gasteiger partial charge >= 0.3 is 0 Å². The Kier molecular flexibility index (Phi) is 1.71. The van der Waals surface area contributed by atoms with Crippen molar-refractivity contribution in [2.24, 2.45) is 11.1 Å². The van der Waals surface area contributed by atoms with Gasteiger partial charge in [-0.2, -0.15) is 0 Å². The molecule has 0 unspecified atom stereocenters. The minimum absolute atomic E-state index is 0.179. The van der Waals surface area contributed by atoms with Crippen LogP contribution < -0.4 is 5.73 Å². The van der Waals surface area contributed by atoms with Crippen LogP contribution in [0.2, 0.25) is 0 Å². The third-order valence-electron chi connectivity index (χ3n) is 3.18. The van der Waals surface area contributed by atoms with Crippen molar-refractivity contribution in [1.29, 1.82) is 0 Å². The maximum Gasteiger partial charge on any atom is 0.242 e. The van der Waals surface area contributed by atoms with Crippen molar-refractivity contribution in [3.8, 4) is 0 Å². The maximum absolute atomic E-state index is 11.8. The van der Waals surface area contributed by atoms with Crippen molar-refractivity contribution in [3.63, 3.8) is 0 Å². The van der Waals surface area contributed by atoms with Gasteiger partial charge in [0.2, 0.25) is 5.91 Å². The molecule has 1 aliphatic carbocycles. The largest absolute Gasteiger partial charge is 0.341 e. The summed E-state index contributed by atoms with van der Waals surface area (Å²) in [6, 6.07) is 0. The molecule has 0 aromatic heterocycles. The van der Waals surface area contributed by atoms with Crippen molar-refractivity contribution < 1.29 is 4.79 Å². The molecule has 1 saturated carbocycles. The van der Waals surface area contributed by atoms with E-state index in [1.807, 2.05) is 4.90 Å². The molecule has 2 fully saturated rings. The zero-order valence-electron chi connectivity index (χ0n) is 8.47. The molecule has 1 saturated heterocycles. The van der Waals surface area contributed by atoms with Gasteiger partial charge in [-0.05, 0) is 24.7 Å². The molecule has 1 amide bonds. The van der Waals surface area contributed by atoms with Gasteiger partial charge in [-0.25, -0.2) is 0 Å². The fourth-order valence-electron chi connectivity index (χ4n) is 1.95. The lowest BCUT2D eigenvalue weighted by Gasteiger charge is -2.22. The lowest BCUT2D eigenvalue weighted by molar-refractivity contribution is -0.132. The Morgan fingerprint density at radius 3 is 2.31 bits per heavy atom. The molecule has 0 bridgehead atoms. The van der Waals surface area contributed by atoms with Gasteiger partial charge in [0.05, 0.1) is 5.54 Å². The standard InChI is InChI=1S/C10H18N2O/c1-9(2)5-6-12(7-9)8(13)10(11)3-4-10/h3-7,11H2,1-2H3. The fraction of sp³-hybridized carbons (Fsp3) is 0.900. The Labute approximate surface area is 79.3 Å². The first-order valence-electron chi connectivity index (χ1n) is 5.01. The molecule has 3 heteroatoms. The molecule has 0 spiro atoms. The van der Waals surface area contributed by atoms with Gasteiger partial charge < -0.3 is 10.6 Å². The first-order valence-corrected chi connectivity index (χ1v) is 5.01. The van der Waals surface area contributed by atoms with E-state index in [2.05, 4.69) is 13.8 Å². The van der Waals surface area contributed by atoms with E-state index in [1.165, 1.54) is 0 Å². The van der Waals surface area contributed by atoms with E-state index in [4.69, 9.17) is 5.73 Å². The molecule has 0 radical (unpaired) electrons. The van der Waals surface area contributed by atoms with Crippen LogP contribution in [0.4, 0.5) is 0 Å². The van der Waals surface area contributed by atoms with Gasteiger partial charge in [-0.1, -0.05) is 13.8 Å². The highest BCUT2D eigenvalue weighted by Gasteiger charge is 2.49. The minimum atomic E-state index is -0.472. The van der Waals surface area contributed by atoms with E-state index < -0.39 is 5.54 Å². The van der Waals surface area contributed by atoms with Crippen LogP contribution in [0.25, 0.3) is 0 Å². The van der Waals surface area contributed by atoms with E-state index in [0.29, 0.717) is 5.41 Å². The molecule has 1 aliphatic heterocycles. The average Bonchev–Trinajstić information content (AvgIpc) is 2.67. The Bertz CT molecular complexity index is 243. The highest BCUT2D eigenvalue weighted by atomic mass is 16.2. The Morgan fingerprint density at radius 1 is 1.31 bits per heavy atom. The summed E-state index contributed by atoms with van der Waals surface area (Å²) in [5.74, 6) is 0.179. The number of carbonyl (C=O) groups excluding carboxylic acids is 1. The van der Waals surface area contributed by atoms with Crippen molar-refractivity contribution in [2.75, 3.05) is 13.1 Å². The summed E-state index contributed by atoms with van der Waals surface area (Å²) in [6.07, 6.45) is 2.86. The molecular formula is C10H18N2O. The van der Waals surface area contributed by atoms with Crippen LogP contribution in [0, 0.1) is 5.41 Å². The zero-order chi connectivity index (χ0) is 9.69. The highest BCUT2D eigenvalue weighted by molar-refractivity contribution is 5.89. The third-order valence-corrected chi connectivity index (χ3v) is 3.18. The van der Waals surface area contributed by atoms with Crippen molar-refractivity contribution in [2.45, 2.75) is 38.6 Å². The Hall–Kier alpha value is -0.570. The van der Waals surface area contributed by atoms with Gasteiger partial charge in [0.1, 0.15) is 0 Å². The minimum Gasteiger partial charge on any atom is -0.341 e. The number of nitrogens with zero attached hydrogens (tertiary/aromatic N) is 1. The highest BCUT2D eigenvalue weighted by Crippen LogP contribution is 2.37. The molecule has 3 nitrogen and oxygen atoms in total. The van der Waals surface area contributed by atoms with Crippen LogP contribution in [-0.2, 0) is 4.79 Å². The summed E-state index contributed by atoms with van der Waals surface area (Å²) in [7, 11) is 0. The summed E-state index contributed by atoms with van der Waals surface area (Å²) in [5.41, 5.74) is 5.69. The molecule has 2 aliphatic rings. The van der Waals surface area contributed by atoms with Gasteiger partial charge in [0.25, 0.3) is 0 Å². The van der Waals surface area contributed by atoms with Crippen molar-refractivity contribution in [3.05, 3.63) is 0 Å². The molecule has 2 rings (SSSR count). The van der Waals surface area contributed by atoms with E-state index >= 15 is 0 Å². The van der Waals surface area contributed by atoms with Crippen LogP contribution in [0.15, 0.2) is 0 Å². The second-order valence-electron chi connectivity index (χ2n) is 5.30. The second kappa shape index (κ2) is 2.47. The Morgan fingerprint density at radius 2 is 1.92 bits per heavy atom. The summed E-state index contributed by atoms with van der Waals surface area (Å²) < 4.78 is 0. The zero-order valence-corrected chi connectivity index (χ0v) is 8.47. The number of hydrogen-bond acceptors (Lipinski definition) is 2. The molecule has 13 heavy (non-hydrogen) atoms. The summed E-state index contributed by atoms with van der Waals surface area (Å²) in [5, 5.41) is 0. The van der Waals surface area contributed by atoms with E-state index in [1.54, 1.807) is 0 Å². The monoisotopic (exact) mass is 182 g/mol. The van der Waals surface area contributed by atoms with Crippen LogP contribution >= 0.6 is 0 Å². The summed E-state index contributed by atoms with van der Waals surface area (Å²) >= 11 is 0. The molecule has 0 atom stereocenters. The maximum atomic E-state index is 11.8. The fourth-order valence-corrected chi connectivity index (χ4v) is 1.95. The predicted octanol–water partition coefficient (Wildman–Crippen LogP) is 0.736. The first kappa shape index (κ1) is 9.00. The smallest absolute Gasteiger partial charge is 0.242 e. The van der Waals surface area contributed by atoms with Gasteiger partial charge in [-0.3, -0.25) is 4.79 Å². The topological polar surface area (TPSA) is 46.3 Å². The normalized spacial score (nSPS) is 29.0. The number of likely N-dealkylation sites (tertiary alicyclic amines) is 1. The number of rotatable bonds is 1. The van der Waals surface area contributed by atoms with Crippen molar-refractivity contribution >= 4 is 5.91 Å². The van der Waals surface area contributed by atoms with Crippen molar-refractivity contribution in [1.82, 2.24) is 4.90 Å².